The molecule has 0 rings (SSSR count). The molecule has 0 heterocycles. The van der Waals surface area contributed by atoms with Gasteiger partial charge < -0.3 is 15.3 Å². The van der Waals surface area contributed by atoms with E-state index in [9.17, 15) is 9.59 Å². The summed E-state index contributed by atoms with van der Waals surface area (Å²) in [6, 6.07) is -1.14. The Kier molecular flexibility index (Phi) is 5.74. The molecule has 0 saturated carbocycles. The fourth-order valence-electron chi connectivity index (χ4n) is 1.25. The average molecular weight is 216 g/mol. The number of hydrogen-bond donors (Lipinski definition) is 2. The van der Waals surface area contributed by atoms with E-state index in [0.717, 1.165) is 0 Å². The topological polar surface area (TPSA) is 69.6 Å². The van der Waals surface area contributed by atoms with Crippen molar-refractivity contribution in [2.24, 2.45) is 5.92 Å². The fraction of sp³-hybridized carbons (Fsp3) is 0.800. The van der Waals surface area contributed by atoms with Gasteiger partial charge in [0, 0.05) is 13.1 Å². The Morgan fingerprint density at radius 1 is 1.27 bits per heavy atom. The number of amides is 2. The number of nitrogens with one attached hydrogen (secondary N) is 1. The summed E-state index contributed by atoms with van der Waals surface area (Å²) >= 11 is 0. The molecule has 0 aromatic carbocycles. The lowest BCUT2D eigenvalue weighted by molar-refractivity contribution is -0.140. The van der Waals surface area contributed by atoms with Gasteiger partial charge in [0.1, 0.15) is 6.04 Å². The van der Waals surface area contributed by atoms with Gasteiger partial charge in [0.25, 0.3) is 0 Å². The maximum absolute atomic E-state index is 11.6. The smallest absolute Gasteiger partial charge is 0.326 e. The molecule has 0 aliphatic carbocycles. The minimum absolute atomic E-state index is 0.123. The molecule has 0 radical (unpaired) electrons. The molecule has 0 fully saturated rings. The van der Waals surface area contributed by atoms with E-state index < -0.39 is 12.0 Å². The lowest BCUT2D eigenvalue weighted by atomic mass is 10.1. The normalized spacial score (nSPS) is 12.3. The first kappa shape index (κ1) is 13.7. The third-order valence-electron chi connectivity index (χ3n) is 2.26. The molecule has 0 saturated heterocycles. The molecule has 0 aliphatic rings. The number of rotatable bonds is 5. The lowest BCUT2D eigenvalue weighted by Crippen LogP contribution is -2.50. The Labute approximate surface area is 90.5 Å². The van der Waals surface area contributed by atoms with Crippen LogP contribution in [-0.2, 0) is 4.79 Å². The highest BCUT2D eigenvalue weighted by atomic mass is 16.4. The average Bonchev–Trinajstić information content (AvgIpc) is 2.15. The standard InChI is InChI=1S/C10H20N2O3/c1-5-12(6-2)10(15)11-8(7(3)4)9(13)14/h7-8H,5-6H2,1-4H3,(H,11,15)(H,13,14). The molecular formula is C10H20N2O3. The van der Waals surface area contributed by atoms with Gasteiger partial charge in [-0.25, -0.2) is 9.59 Å². The van der Waals surface area contributed by atoms with Crippen LogP contribution in [0.3, 0.4) is 0 Å². The highest BCUT2D eigenvalue weighted by molar-refractivity contribution is 5.82. The summed E-state index contributed by atoms with van der Waals surface area (Å²) in [5.41, 5.74) is 0. The minimum atomic E-state index is -0.995. The van der Waals surface area contributed by atoms with Gasteiger partial charge in [-0.15, -0.1) is 0 Å². The first-order chi connectivity index (χ1) is 6.93. The van der Waals surface area contributed by atoms with Gasteiger partial charge in [-0.05, 0) is 19.8 Å². The maximum atomic E-state index is 11.6. The quantitative estimate of drug-likeness (QED) is 0.724. The van der Waals surface area contributed by atoms with Crippen LogP contribution in [-0.4, -0.2) is 41.1 Å². The second-order valence-corrected chi connectivity index (χ2v) is 3.68. The van der Waals surface area contributed by atoms with Crippen molar-refractivity contribution in [1.29, 1.82) is 0 Å². The molecule has 0 aromatic heterocycles. The highest BCUT2D eigenvalue weighted by Crippen LogP contribution is 2.02. The molecule has 1 atom stereocenters. The molecule has 0 spiro atoms. The Balaban J connectivity index is 4.41. The maximum Gasteiger partial charge on any atom is 0.326 e. The Morgan fingerprint density at radius 3 is 2.00 bits per heavy atom. The zero-order valence-corrected chi connectivity index (χ0v) is 9.78. The van der Waals surface area contributed by atoms with E-state index in [1.54, 1.807) is 18.7 Å². The zero-order chi connectivity index (χ0) is 12.0. The minimum Gasteiger partial charge on any atom is -0.480 e. The van der Waals surface area contributed by atoms with Gasteiger partial charge in [0.2, 0.25) is 0 Å². The zero-order valence-electron chi connectivity index (χ0n) is 9.78. The van der Waals surface area contributed by atoms with Crippen molar-refractivity contribution >= 4 is 12.0 Å². The second-order valence-electron chi connectivity index (χ2n) is 3.68. The van der Waals surface area contributed by atoms with Gasteiger partial charge in [0.15, 0.2) is 0 Å². The number of aliphatic carboxylic acids is 1. The van der Waals surface area contributed by atoms with Crippen molar-refractivity contribution < 1.29 is 14.7 Å². The largest absolute Gasteiger partial charge is 0.480 e. The second kappa shape index (κ2) is 6.27. The summed E-state index contributed by atoms with van der Waals surface area (Å²) in [4.78, 5) is 24.0. The number of carboxylic acid groups (broad SMARTS) is 1. The summed E-state index contributed by atoms with van der Waals surface area (Å²) in [5, 5.41) is 11.4. The van der Waals surface area contributed by atoms with Crippen molar-refractivity contribution in [3.8, 4) is 0 Å². The number of carboxylic acids is 1. The summed E-state index contributed by atoms with van der Waals surface area (Å²) in [5.74, 6) is -1.12. The van der Waals surface area contributed by atoms with Crippen LogP contribution in [0.15, 0.2) is 0 Å². The van der Waals surface area contributed by atoms with Gasteiger partial charge >= 0.3 is 12.0 Å². The Bertz CT molecular complexity index is 225. The third-order valence-corrected chi connectivity index (χ3v) is 2.26. The van der Waals surface area contributed by atoms with E-state index in [4.69, 9.17) is 5.11 Å². The molecule has 0 aliphatic heterocycles. The summed E-state index contributed by atoms with van der Waals surface area (Å²) in [7, 11) is 0. The van der Waals surface area contributed by atoms with E-state index >= 15 is 0 Å². The van der Waals surface area contributed by atoms with E-state index in [1.165, 1.54) is 0 Å². The van der Waals surface area contributed by atoms with Crippen molar-refractivity contribution in [2.45, 2.75) is 33.7 Å². The molecule has 2 amide bonds. The van der Waals surface area contributed by atoms with Crippen LogP contribution >= 0.6 is 0 Å². The van der Waals surface area contributed by atoms with Crippen LogP contribution in [0.2, 0.25) is 0 Å². The van der Waals surface area contributed by atoms with Crippen molar-refractivity contribution in [3.63, 3.8) is 0 Å². The fourth-order valence-corrected chi connectivity index (χ4v) is 1.25. The number of hydrogen-bond acceptors (Lipinski definition) is 2. The lowest BCUT2D eigenvalue weighted by Gasteiger charge is -2.24. The summed E-state index contributed by atoms with van der Waals surface area (Å²) in [6.07, 6.45) is 0. The molecule has 0 aromatic rings. The SMILES string of the molecule is CCN(CC)C(=O)NC(C(=O)O)C(C)C. The summed E-state index contributed by atoms with van der Waals surface area (Å²) < 4.78 is 0. The van der Waals surface area contributed by atoms with Crippen LogP contribution in [0.4, 0.5) is 4.79 Å². The Hall–Kier alpha value is -1.26. The molecule has 1 unspecified atom stereocenters. The highest BCUT2D eigenvalue weighted by Gasteiger charge is 2.24. The number of nitrogens with zero attached hydrogens (tertiary/aromatic N) is 1. The number of urea groups is 1. The molecule has 5 heteroatoms. The van der Waals surface area contributed by atoms with E-state index in [1.807, 2.05) is 13.8 Å². The molecule has 0 bridgehead atoms. The van der Waals surface area contributed by atoms with E-state index in [-0.39, 0.29) is 11.9 Å². The number of carbonyl (C=O) groups is 2. The van der Waals surface area contributed by atoms with Gasteiger partial charge in [0.05, 0.1) is 0 Å². The van der Waals surface area contributed by atoms with Crippen LogP contribution < -0.4 is 5.32 Å². The van der Waals surface area contributed by atoms with Crippen LogP contribution in [0.1, 0.15) is 27.7 Å². The predicted molar refractivity (Wildman–Crippen MR) is 57.7 cm³/mol. The Morgan fingerprint density at radius 2 is 1.73 bits per heavy atom. The molecule has 88 valence electrons. The first-order valence-electron chi connectivity index (χ1n) is 5.22. The predicted octanol–water partition coefficient (Wildman–Crippen LogP) is 1.15. The molecule has 2 N–H and O–H groups in total. The van der Waals surface area contributed by atoms with Crippen molar-refractivity contribution in [2.75, 3.05) is 13.1 Å². The van der Waals surface area contributed by atoms with E-state index in [0.29, 0.717) is 13.1 Å². The first-order valence-corrected chi connectivity index (χ1v) is 5.22. The van der Waals surface area contributed by atoms with Crippen LogP contribution in [0.25, 0.3) is 0 Å². The van der Waals surface area contributed by atoms with Gasteiger partial charge in [-0.2, -0.15) is 0 Å². The van der Waals surface area contributed by atoms with Crippen molar-refractivity contribution in [3.05, 3.63) is 0 Å². The molecule has 5 nitrogen and oxygen atoms in total. The van der Waals surface area contributed by atoms with Gasteiger partial charge in [-0.3, -0.25) is 0 Å². The number of carbonyl (C=O) groups excluding carboxylic acids is 1. The third kappa shape index (κ3) is 4.18. The monoisotopic (exact) mass is 216 g/mol. The van der Waals surface area contributed by atoms with E-state index in [2.05, 4.69) is 5.32 Å². The van der Waals surface area contributed by atoms with Crippen LogP contribution in [0.5, 0.6) is 0 Å². The van der Waals surface area contributed by atoms with Crippen molar-refractivity contribution in [1.82, 2.24) is 10.2 Å². The molecular weight excluding hydrogens is 196 g/mol. The van der Waals surface area contributed by atoms with Crippen LogP contribution in [0, 0.1) is 5.92 Å². The molecule has 15 heavy (non-hydrogen) atoms. The summed E-state index contributed by atoms with van der Waals surface area (Å²) in [6.45, 7) is 8.39. The van der Waals surface area contributed by atoms with Gasteiger partial charge in [-0.1, -0.05) is 13.8 Å².